The molecule has 0 atom stereocenters. The Balaban J connectivity index is 1.33. The van der Waals surface area contributed by atoms with Gasteiger partial charge in [0.05, 0.1) is 28.4 Å². The van der Waals surface area contributed by atoms with E-state index >= 15 is 0 Å². The monoisotopic (exact) mass is 573 g/mol. The van der Waals surface area contributed by atoms with Crippen LogP contribution in [0.1, 0.15) is 27.8 Å². The van der Waals surface area contributed by atoms with Crippen molar-refractivity contribution >= 4 is 0 Å². The van der Waals surface area contributed by atoms with E-state index < -0.39 is 5.41 Å². The summed E-state index contributed by atoms with van der Waals surface area (Å²) >= 11 is 0. The van der Waals surface area contributed by atoms with Crippen molar-refractivity contribution in [3.05, 3.63) is 192 Å². The maximum atomic E-state index is 9.31. The van der Waals surface area contributed by atoms with Crippen LogP contribution in [0.15, 0.2) is 164 Å². The van der Waals surface area contributed by atoms with E-state index in [1.165, 1.54) is 44.5 Å². The van der Waals surface area contributed by atoms with E-state index in [-0.39, 0.29) is 0 Å². The molecule has 2 aromatic heterocycles. The second-order valence-electron chi connectivity index (χ2n) is 11.3. The van der Waals surface area contributed by atoms with Crippen LogP contribution in [0.5, 0.6) is 0 Å². The first-order valence-electron chi connectivity index (χ1n) is 15.0. The first-order chi connectivity index (χ1) is 22.3. The van der Waals surface area contributed by atoms with Gasteiger partial charge in [-0.3, -0.25) is 9.97 Å². The number of benzene rings is 5. The van der Waals surface area contributed by atoms with Crippen molar-refractivity contribution < 1.29 is 0 Å². The molecular weight excluding hydrogens is 546 g/mol. The largest absolute Gasteiger partial charge is 0.255 e. The molecule has 0 bridgehead atoms. The Labute approximate surface area is 262 Å². The summed E-state index contributed by atoms with van der Waals surface area (Å²) in [5, 5.41) is 9.31. The van der Waals surface area contributed by atoms with Crippen molar-refractivity contribution in [1.82, 2.24) is 9.97 Å². The summed E-state index contributed by atoms with van der Waals surface area (Å²) in [4.78, 5) is 9.17. The zero-order valence-electron chi connectivity index (χ0n) is 24.4. The maximum absolute atomic E-state index is 9.31. The smallest absolute Gasteiger partial charge is 0.0992 e. The third kappa shape index (κ3) is 4.35. The first-order valence-corrected chi connectivity index (χ1v) is 15.0. The number of pyridine rings is 2. The van der Waals surface area contributed by atoms with Gasteiger partial charge in [0, 0.05) is 18.0 Å². The topological polar surface area (TPSA) is 49.6 Å². The minimum absolute atomic E-state index is 0.458. The Hall–Kier alpha value is -6.11. The van der Waals surface area contributed by atoms with Crippen LogP contribution < -0.4 is 0 Å². The number of aromatic nitrogens is 2. The summed E-state index contributed by atoms with van der Waals surface area (Å²) in [7, 11) is 0. The molecule has 0 saturated heterocycles. The molecule has 2 heterocycles. The number of rotatable bonds is 5. The predicted molar refractivity (Wildman–Crippen MR) is 180 cm³/mol. The maximum Gasteiger partial charge on any atom is 0.0992 e. The molecule has 0 saturated carbocycles. The number of nitriles is 1. The fraction of sp³-hybridized carbons (Fsp3) is 0.0238. The molecule has 45 heavy (non-hydrogen) atoms. The van der Waals surface area contributed by atoms with Crippen LogP contribution in [0.25, 0.3) is 44.8 Å². The lowest BCUT2D eigenvalue weighted by atomic mass is 9.67. The number of fused-ring (bicyclic) bond motifs is 3. The lowest BCUT2D eigenvalue weighted by Crippen LogP contribution is -2.28. The summed E-state index contributed by atoms with van der Waals surface area (Å²) in [6.45, 7) is 0. The lowest BCUT2D eigenvalue weighted by Gasteiger charge is -2.34. The van der Waals surface area contributed by atoms with Gasteiger partial charge in [0.2, 0.25) is 0 Å². The number of nitrogens with zero attached hydrogens (tertiary/aromatic N) is 3. The van der Waals surface area contributed by atoms with E-state index in [0.717, 1.165) is 16.8 Å². The van der Waals surface area contributed by atoms with Gasteiger partial charge in [-0.05, 0) is 80.4 Å². The number of hydrogen-bond acceptors (Lipinski definition) is 3. The Morgan fingerprint density at radius 1 is 0.467 bits per heavy atom. The van der Waals surface area contributed by atoms with E-state index in [2.05, 4.69) is 145 Å². The van der Waals surface area contributed by atoms with Gasteiger partial charge in [0.25, 0.3) is 0 Å². The van der Waals surface area contributed by atoms with Crippen molar-refractivity contribution in [2.75, 3.05) is 0 Å². The van der Waals surface area contributed by atoms with Crippen molar-refractivity contribution in [1.29, 1.82) is 5.26 Å². The molecule has 0 spiro atoms. The Bertz CT molecular complexity index is 2160. The zero-order chi connectivity index (χ0) is 30.2. The van der Waals surface area contributed by atoms with E-state index in [4.69, 9.17) is 4.98 Å². The van der Waals surface area contributed by atoms with Gasteiger partial charge in [-0.2, -0.15) is 5.26 Å². The normalized spacial score (nSPS) is 12.6. The molecule has 0 unspecified atom stereocenters. The predicted octanol–water partition coefficient (Wildman–Crippen LogP) is 9.71. The molecule has 0 N–H and O–H groups in total. The van der Waals surface area contributed by atoms with Crippen molar-refractivity contribution in [2.45, 2.75) is 5.41 Å². The zero-order valence-corrected chi connectivity index (χ0v) is 24.4. The molecule has 0 radical (unpaired) electrons. The molecule has 5 aromatic carbocycles. The van der Waals surface area contributed by atoms with E-state index in [0.29, 0.717) is 11.3 Å². The second kappa shape index (κ2) is 10.9. The van der Waals surface area contributed by atoms with Crippen molar-refractivity contribution in [3.8, 4) is 50.8 Å². The molecule has 0 amide bonds. The summed E-state index contributed by atoms with van der Waals surface area (Å²) in [6.07, 6.45) is 3.55. The van der Waals surface area contributed by atoms with E-state index in [1.54, 1.807) is 18.3 Å². The highest BCUT2D eigenvalue weighted by Crippen LogP contribution is 2.57. The van der Waals surface area contributed by atoms with Gasteiger partial charge in [0.15, 0.2) is 0 Å². The van der Waals surface area contributed by atoms with Crippen LogP contribution in [0.4, 0.5) is 0 Å². The third-order valence-corrected chi connectivity index (χ3v) is 8.91. The van der Waals surface area contributed by atoms with Crippen LogP contribution >= 0.6 is 0 Å². The van der Waals surface area contributed by atoms with E-state index in [9.17, 15) is 5.26 Å². The van der Waals surface area contributed by atoms with Crippen LogP contribution in [0, 0.1) is 11.3 Å². The standard InChI is InChI=1S/C42H27N3/c43-27-29-22-23-44-41(24-29)40-21-18-33(28-45-40)32-17-20-39-37(26-32)36-25-31(30-10-4-1-5-11-30)16-19-38(36)42(39,34-12-6-2-7-13-34)35-14-8-3-9-15-35/h1-26,28H. The quantitative estimate of drug-likeness (QED) is 0.206. The molecule has 8 rings (SSSR count). The van der Waals surface area contributed by atoms with Gasteiger partial charge < -0.3 is 0 Å². The SMILES string of the molecule is N#Cc1ccnc(-c2ccc(-c3ccc4c(c3)-c3cc(-c5ccccc5)ccc3C4(c3ccccc3)c3ccccc3)cn2)c1. The average Bonchev–Trinajstić information content (AvgIpc) is 3.42. The van der Waals surface area contributed by atoms with Gasteiger partial charge in [-0.15, -0.1) is 0 Å². The minimum atomic E-state index is -0.458. The summed E-state index contributed by atoms with van der Waals surface area (Å²) < 4.78 is 0. The van der Waals surface area contributed by atoms with Gasteiger partial charge >= 0.3 is 0 Å². The highest BCUT2D eigenvalue weighted by atomic mass is 14.8. The van der Waals surface area contributed by atoms with Gasteiger partial charge in [0.1, 0.15) is 0 Å². The molecule has 3 nitrogen and oxygen atoms in total. The van der Waals surface area contributed by atoms with Crippen molar-refractivity contribution in [2.24, 2.45) is 0 Å². The number of hydrogen-bond donors (Lipinski definition) is 0. The molecule has 7 aromatic rings. The Kier molecular flexibility index (Phi) is 6.40. The summed E-state index contributed by atoms with van der Waals surface area (Å²) in [5.74, 6) is 0. The second-order valence-corrected chi connectivity index (χ2v) is 11.3. The fourth-order valence-corrected chi connectivity index (χ4v) is 6.84. The van der Waals surface area contributed by atoms with Crippen LogP contribution in [-0.4, -0.2) is 9.97 Å². The molecule has 1 aliphatic carbocycles. The molecule has 1 aliphatic rings. The van der Waals surface area contributed by atoms with E-state index in [1.807, 2.05) is 12.3 Å². The average molecular weight is 574 g/mol. The molecule has 210 valence electrons. The lowest BCUT2D eigenvalue weighted by molar-refractivity contribution is 0.768. The molecule has 0 aliphatic heterocycles. The molecule has 3 heteroatoms. The van der Waals surface area contributed by atoms with Gasteiger partial charge in [-0.25, -0.2) is 0 Å². The minimum Gasteiger partial charge on any atom is -0.255 e. The molecular formula is C42H27N3. The highest BCUT2D eigenvalue weighted by molar-refractivity contribution is 5.91. The first kappa shape index (κ1) is 26.5. The van der Waals surface area contributed by atoms with Crippen molar-refractivity contribution in [3.63, 3.8) is 0 Å². The molecule has 0 fully saturated rings. The third-order valence-electron chi connectivity index (χ3n) is 8.91. The van der Waals surface area contributed by atoms with Crippen LogP contribution in [0.2, 0.25) is 0 Å². The summed E-state index contributed by atoms with van der Waals surface area (Å²) in [6, 6.07) is 55.8. The summed E-state index contributed by atoms with van der Waals surface area (Å²) in [5.41, 5.74) is 13.6. The Morgan fingerprint density at radius 3 is 1.58 bits per heavy atom. The van der Waals surface area contributed by atoms with Crippen LogP contribution in [-0.2, 0) is 5.41 Å². The Morgan fingerprint density at radius 2 is 1.02 bits per heavy atom. The highest BCUT2D eigenvalue weighted by Gasteiger charge is 2.46. The fourth-order valence-electron chi connectivity index (χ4n) is 6.84. The van der Waals surface area contributed by atoms with Crippen LogP contribution in [0.3, 0.4) is 0 Å². The van der Waals surface area contributed by atoms with Gasteiger partial charge in [-0.1, -0.05) is 121 Å².